The van der Waals surface area contributed by atoms with E-state index < -0.39 is 0 Å². The molecule has 1 aromatic carbocycles. The Morgan fingerprint density at radius 3 is 2.80 bits per heavy atom. The number of pyridine rings is 2. The van der Waals surface area contributed by atoms with Gasteiger partial charge in [0.25, 0.3) is 0 Å². The van der Waals surface area contributed by atoms with Crippen molar-refractivity contribution in [2.75, 3.05) is 7.05 Å². The molecule has 1 unspecified atom stereocenters. The van der Waals surface area contributed by atoms with Gasteiger partial charge in [0.2, 0.25) is 0 Å². The van der Waals surface area contributed by atoms with Crippen molar-refractivity contribution >= 4 is 10.9 Å². The Morgan fingerprint density at radius 1 is 1.10 bits per heavy atom. The van der Waals surface area contributed by atoms with Gasteiger partial charge >= 0.3 is 0 Å². The smallest absolute Gasteiger partial charge is 0.141 e. The number of benzene rings is 1. The third kappa shape index (κ3) is 2.38. The summed E-state index contributed by atoms with van der Waals surface area (Å²) < 4.78 is 13.3. The summed E-state index contributed by atoms with van der Waals surface area (Å²) >= 11 is 0. The fourth-order valence-corrected chi connectivity index (χ4v) is 2.37. The normalized spacial score (nSPS) is 12.5. The lowest BCUT2D eigenvalue weighted by Gasteiger charge is -2.17. The van der Waals surface area contributed by atoms with E-state index in [0.29, 0.717) is 0 Å². The Morgan fingerprint density at radius 2 is 2.00 bits per heavy atom. The van der Waals surface area contributed by atoms with Crippen molar-refractivity contribution in [1.82, 2.24) is 15.3 Å². The first-order chi connectivity index (χ1) is 9.78. The third-order valence-corrected chi connectivity index (χ3v) is 3.31. The maximum Gasteiger partial charge on any atom is 0.141 e. The summed E-state index contributed by atoms with van der Waals surface area (Å²) in [6, 6.07) is 11.4. The molecule has 0 saturated carbocycles. The van der Waals surface area contributed by atoms with E-state index in [-0.39, 0.29) is 11.9 Å². The predicted molar refractivity (Wildman–Crippen MR) is 76.8 cm³/mol. The van der Waals surface area contributed by atoms with Crippen LogP contribution in [-0.2, 0) is 0 Å². The summed E-state index contributed by atoms with van der Waals surface area (Å²) in [6.07, 6.45) is 4.65. The average molecular weight is 267 g/mol. The number of hydrogen-bond donors (Lipinski definition) is 1. The first kappa shape index (κ1) is 12.7. The highest BCUT2D eigenvalue weighted by molar-refractivity contribution is 5.79. The Bertz CT molecular complexity index is 742. The maximum atomic E-state index is 13.3. The maximum absolute atomic E-state index is 13.3. The minimum Gasteiger partial charge on any atom is -0.309 e. The SMILES string of the molecule is CNC(c1cncc(F)c1)c1ccc2cccnc2c1. The summed E-state index contributed by atoms with van der Waals surface area (Å²) in [4.78, 5) is 8.26. The van der Waals surface area contributed by atoms with Crippen LogP contribution in [0.1, 0.15) is 17.2 Å². The molecule has 0 saturated heterocycles. The zero-order chi connectivity index (χ0) is 13.9. The Hall–Kier alpha value is -2.33. The van der Waals surface area contributed by atoms with Crippen molar-refractivity contribution in [2.45, 2.75) is 6.04 Å². The van der Waals surface area contributed by atoms with E-state index in [1.165, 1.54) is 12.3 Å². The number of halogens is 1. The molecule has 0 aliphatic carbocycles. The lowest BCUT2D eigenvalue weighted by molar-refractivity contribution is 0.609. The third-order valence-electron chi connectivity index (χ3n) is 3.31. The van der Waals surface area contributed by atoms with E-state index in [2.05, 4.69) is 15.3 Å². The van der Waals surface area contributed by atoms with Gasteiger partial charge in [-0.25, -0.2) is 4.39 Å². The molecule has 0 bridgehead atoms. The van der Waals surface area contributed by atoms with Gasteiger partial charge in [-0.3, -0.25) is 9.97 Å². The highest BCUT2D eigenvalue weighted by Gasteiger charge is 2.13. The second-order valence-electron chi connectivity index (χ2n) is 4.61. The van der Waals surface area contributed by atoms with Gasteiger partial charge in [-0.2, -0.15) is 0 Å². The van der Waals surface area contributed by atoms with Crippen LogP contribution < -0.4 is 5.32 Å². The molecule has 4 heteroatoms. The Balaban J connectivity index is 2.07. The van der Waals surface area contributed by atoms with E-state index in [0.717, 1.165) is 22.0 Å². The number of nitrogens with zero attached hydrogens (tertiary/aromatic N) is 2. The summed E-state index contributed by atoms with van der Waals surface area (Å²) in [5.74, 6) is -0.332. The molecular formula is C16H14FN3. The standard InChI is InChI=1S/C16H14FN3/c1-18-16(13-7-14(17)10-19-9-13)12-5-4-11-3-2-6-20-15(11)8-12/h2-10,16,18H,1H3. The van der Waals surface area contributed by atoms with Crippen molar-refractivity contribution in [3.8, 4) is 0 Å². The van der Waals surface area contributed by atoms with Crippen LogP contribution in [0.5, 0.6) is 0 Å². The van der Waals surface area contributed by atoms with Gasteiger partial charge < -0.3 is 5.32 Å². The lowest BCUT2D eigenvalue weighted by Crippen LogP contribution is -2.18. The van der Waals surface area contributed by atoms with Gasteiger partial charge in [-0.05, 0) is 36.4 Å². The van der Waals surface area contributed by atoms with Crippen LogP contribution in [0.2, 0.25) is 0 Å². The summed E-state index contributed by atoms with van der Waals surface area (Å²) in [5.41, 5.74) is 2.75. The minimum absolute atomic E-state index is 0.107. The van der Waals surface area contributed by atoms with Gasteiger partial charge in [0.15, 0.2) is 0 Å². The molecule has 3 aromatic rings. The number of aromatic nitrogens is 2. The topological polar surface area (TPSA) is 37.8 Å². The predicted octanol–water partition coefficient (Wildman–Crippen LogP) is 3.08. The largest absolute Gasteiger partial charge is 0.309 e. The monoisotopic (exact) mass is 267 g/mol. The molecule has 0 aliphatic rings. The number of nitrogens with one attached hydrogen (secondary N) is 1. The molecule has 3 nitrogen and oxygen atoms in total. The van der Waals surface area contributed by atoms with Crippen molar-refractivity contribution in [1.29, 1.82) is 0 Å². The molecular weight excluding hydrogens is 253 g/mol. The number of fused-ring (bicyclic) bond motifs is 1. The quantitative estimate of drug-likeness (QED) is 0.792. The van der Waals surface area contributed by atoms with Gasteiger partial charge in [-0.15, -0.1) is 0 Å². The summed E-state index contributed by atoms with van der Waals surface area (Å²) in [7, 11) is 1.85. The second kappa shape index (κ2) is 5.35. The van der Waals surface area contributed by atoms with Crippen LogP contribution in [0.15, 0.2) is 55.0 Å². The molecule has 0 fully saturated rings. The van der Waals surface area contributed by atoms with Gasteiger partial charge in [0.05, 0.1) is 17.8 Å². The summed E-state index contributed by atoms with van der Waals surface area (Å²) in [6.45, 7) is 0. The fraction of sp³-hybridized carbons (Fsp3) is 0.125. The van der Waals surface area contributed by atoms with Gasteiger partial charge in [-0.1, -0.05) is 18.2 Å². The van der Waals surface area contributed by atoms with Crippen LogP contribution >= 0.6 is 0 Å². The first-order valence-corrected chi connectivity index (χ1v) is 6.40. The van der Waals surface area contributed by atoms with E-state index in [1.54, 1.807) is 12.4 Å². The van der Waals surface area contributed by atoms with E-state index >= 15 is 0 Å². The highest BCUT2D eigenvalue weighted by atomic mass is 19.1. The number of hydrogen-bond acceptors (Lipinski definition) is 3. The molecule has 1 atom stereocenters. The average Bonchev–Trinajstić information content (AvgIpc) is 2.48. The Kier molecular flexibility index (Phi) is 3.39. The van der Waals surface area contributed by atoms with Crippen LogP contribution in [0.3, 0.4) is 0 Å². The molecule has 0 aliphatic heterocycles. The lowest BCUT2D eigenvalue weighted by atomic mass is 9.99. The molecule has 20 heavy (non-hydrogen) atoms. The van der Waals surface area contributed by atoms with Crippen LogP contribution in [0.4, 0.5) is 4.39 Å². The van der Waals surface area contributed by atoms with Crippen molar-refractivity contribution < 1.29 is 4.39 Å². The fourth-order valence-electron chi connectivity index (χ4n) is 2.37. The molecule has 2 heterocycles. The van der Waals surface area contributed by atoms with Gasteiger partial charge in [0, 0.05) is 17.8 Å². The van der Waals surface area contributed by atoms with Crippen molar-refractivity contribution in [3.05, 3.63) is 71.9 Å². The van der Waals surface area contributed by atoms with E-state index in [1.807, 2.05) is 37.4 Å². The highest BCUT2D eigenvalue weighted by Crippen LogP contribution is 2.24. The van der Waals surface area contributed by atoms with E-state index in [9.17, 15) is 4.39 Å². The molecule has 1 N–H and O–H groups in total. The van der Waals surface area contributed by atoms with Crippen molar-refractivity contribution in [2.24, 2.45) is 0 Å². The molecule has 0 radical (unpaired) electrons. The molecule has 0 amide bonds. The van der Waals surface area contributed by atoms with Crippen LogP contribution in [-0.4, -0.2) is 17.0 Å². The zero-order valence-electron chi connectivity index (χ0n) is 11.0. The molecule has 3 rings (SSSR count). The molecule has 100 valence electrons. The minimum atomic E-state index is -0.332. The zero-order valence-corrected chi connectivity index (χ0v) is 11.0. The van der Waals surface area contributed by atoms with Crippen LogP contribution in [0.25, 0.3) is 10.9 Å². The first-order valence-electron chi connectivity index (χ1n) is 6.40. The van der Waals surface area contributed by atoms with E-state index in [4.69, 9.17) is 0 Å². The molecule has 2 aromatic heterocycles. The van der Waals surface area contributed by atoms with Gasteiger partial charge in [0.1, 0.15) is 5.82 Å². The molecule has 0 spiro atoms. The van der Waals surface area contributed by atoms with Crippen molar-refractivity contribution in [3.63, 3.8) is 0 Å². The summed E-state index contributed by atoms with van der Waals surface area (Å²) in [5, 5.41) is 4.28. The Labute approximate surface area is 116 Å². The van der Waals surface area contributed by atoms with Crippen LogP contribution in [0, 0.1) is 5.82 Å². The second-order valence-corrected chi connectivity index (χ2v) is 4.61. The number of rotatable bonds is 3.